The van der Waals surface area contributed by atoms with E-state index in [1.807, 2.05) is 6.92 Å². The summed E-state index contributed by atoms with van der Waals surface area (Å²) in [7, 11) is -4.08. The minimum atomic E-state index is -4.08. The molecule has 0 radical (unpaired) electrons. The lowest BCUT2D eigenvalue weighted by Gasteiger charge is -2.26. The van der Waals surface area contributed by atoms with Crippen molar-refractivity contribution in [3.63, 3.8) is 0 Å². The van der Waals surface area contributed by atoms with Gasteiger partial charge in [0.15, 0.2) is 0 Å². The summed E-state index contributed by atoms with van der Waals surface area (Å²) in [6, 6.07) is 1.36. The zero-order valence-electron chi connectivity index (χ0n) is 14.4. The molecule has 2 fully saturated rings. The van der Waals surface area contributed by atoms with Crippen molar-refractivity contribution in [1.29, 1.82) is 0 Å². The molecule has 144 valence electrons. The van der Waals surface area contributed by atoms with Gasteiger partial charge in [-0.05, 0) is 31.4 Å². The van der Waals surface area contributed by atoms with Gasteiger partial charge in [0, 0.05) is 25.1 Å². The number of hydrogen-bond acceptors (Lipinski definition) is 6. The molecule has 1 aromatic rings. The smallest absolute Gasteiger partial charge is 0.371 e. The molecule has 0 saturated carbocycles. The second-order valence-electron chi connectivity index (χ2n) is 7.03. The molecule has 2 aliphatic heterocycles. The number of furan rings is 1. The van der Waals surface area contributed by atoms with E-state index in [0.29, 0.717) is 32.6 Å². The highest BCUT2D eigenvalue weighted by Gasteiger charge is 2.41. The van der Waals surface area contributed by atoms with Gasteiger partial charge < -0.3 is 19.6 Å². The van der Waals surface area contributed by atoms with Crippen molar-refractivity contribution in [2.24, 2.45) is 5.41 Å². The summed E-state index contributed by atoms with van der Waals surface area (Å²) in [5, 5.41) is 11.3. The number of carboxylic acid groups (broad SMARTS) is 1. The Kier molecular flexibility index (Phi) is 5.09. The van der Waals surface area contributed by atoms with Crippen LogP contribution in [0.15, 0.2) is 21.6 Å². The number of amides is 1. The van der Waals surface area contributed by atoms with Gasteiger partial charge >= 0.3 is 5.97 Å². The fourth-order valence-electron chi connectivity index (χ4n) is 3.25. The highest BCUT2D eigenvalue weighted by Crippen LogP contribution is 2.29. The topological polar surface area (TPSA) is 126 Å². The van der Waals surface area contributed by atoms with Crippen LogP contribution in [0.3, 0.4) is 0 Å². The van der Waals surface area contributed by atoms with E-state index in [0.717, 1.165) is 22.9 Å². The molecular formula is C16H22N2O7S. The summed E-state index contributed by atoms with van der Waals surface area (Å²) >= 11 is 0. The number of carboxylic acids is 1. The number of carbonyl (C=O) groups is 2. The zero-order chi connectivity index (χ0) is 18.9. The average Bonchev–Trinajstić information content (AvgIpc) is 3.32. The largest absolute Gasteiger partial charge is 0.475 e. The normalized spacial score (nSPS) is 26.9. The number of rotatable bonds is 6. The molecule has 9 nitrogen and oxygen atoms in total. The van der Waals surface area contributed by atoms with Gasteiger partial charge in [-0.3, -0.25) is 4.79 Å². The van der Waals surface area contributed by atoms with Crippen LogP contribution in [0.4, 0.5) is 0 Å². The molecule has 0 aliphatic carbocycles. The van der Waals surface area contributed by atoms with Crippen molar-refractivity contribution in [1.82, 2.24) is 9.62 Å². The first-order chi connectivity index (χ1) is 12.2. The van der Waals surface area contributed by atoms with Gasteiger partial charge in [0.05, 0.1) is 6.61 Å². The molecule has 2 unspecified atom stereocenters. The average molecular weight is 386 g/mol. The molecule has 26 heavy (non-hydrogen) atoms. The van der Waals surface area contributed by atoms with Crippen molar-refractivity contribution in [3.8, 4) is 0 Å². The maximum Gasteiger partial charge on any atom is 0.371 e. The van der Waals surface area contributed by atoms with Gasteiger partial charge in [-0.25, -0.2) is 13.2 Å². The second-order valence-corrected chi connectivity index (χ2v) is 8.85. The van der Waals surface area contributed by atoms with Crippen LogP contribution in [-0.4, -0.2) is 62.1 Å². The van der Waals surface area contributed by atoms with Gasteiger partial charge in [0.2, 0.25) is 16.8 Å². The maximum atomic E-state index is 12.7. The SMILES string of the molecule is CC1(CNC(=O)C2CCCN2S(=O)(=O)c2ccc(C(=O)O)o2)CCOC1. The maximum absolute atomic E-state index is 12.7. The molecule has 0 spiro atoms. The lowest BCUT2D eigenvalue weighted by molar-refractivity contribution is -0.124. The van der Waals surface area contributed by atoms with E-state index in [1.54, 1.807) is 0 Å². The van der Waals surface area contributed by atoms with Crippen LogP contribution < -0.4 is 5.32 Å². The van der Waals surface area contributed by atoms with Crippen molar-refractivity contribution >= 4 is 21.9 Å². The lowest BCUT2D eigenvalue weighted by Crippen LogP contribution is -2.48. The molecule has 1 amide bonds. The monoisotopic (exact) mass is 386 g/mol. The molecule has 2 aliphatic rings. The van der Waals surface area contributed by atoms with Crippen molar-refractivity contribution < 1.29 is 32.3 Å². The molecular weight excluding hydrogens is 364 g/mol. The van der Waals surface area contributed by atoms with Crippen LogP contribution >= 0.6 is 0 Å². The zero-order valence-corrected chi connectivity index (χ0v) is 15.3. The van der Waals surface area contributed by atoms with Crippen LogP contribution in [0.2, 0.25) is 0 Å². The molecule has 2 saturated heterocycles. The Bertz CT molecular complexity index is 795. The van der Waals surface area contributed by atoms with Crippen LogP contribution in [0.1, 0.15) is 36.7 Å². The minimum absolute atomic E-state index is 0.143. The van der Waals surface area contributed by atoms with Gasteiger partial charge in [-0.2, -0.15) is 4.31 Å². The Balaban J connectivity index is 1.71. The Labute approximate surface area is 151 Å². The predicted molar refractivity (Wildman–Crippen MR) is 89.1 cm³/mol. The highest BCUT2D eigenvalue weighted by atomic mass is 32.2. The van der Waals surface area contributed by atoms with E-state index in [4.69, 9.17) is 14.3 Å². The Morgan fingerprint density at radius 1 is 1.42 bits per heavy atom. The van der Waals surface area contributed by atoms with Gasteiger partial charge in [0.25, 0.3) is 10.0 Å². The number of sulfonamides is 1. The first-order valence-electron chi connectivity index (χ1n) is 8.43. The fraction of sp³-hybridized carbons (Fsp3) is 0.625. The summed E-state index contributed by atoms with van der Waals surface area (Å²) < 4.78 is 36.9. The van der Waals surface area contributed by atoms with Gasteiger partial charge in [-0.15, -0.1) is 0 Å². The summed E-state index contributed by atoms with van der Waals surface area (Å²) in [5.41, 5.74) is -0.143. The van der Waals surface area contributed by atoms with Gasteiger partial charge in [0.1, 0.15) is 6.04 Å². The molecule has 2 atom stereocenters. The van der Waals surface area contributed by atoms with E-state index in [9.17, 15) is 18.0 Å². The Morgan fingerprint density at radius 2 is 2.19 bits per heavy atom. The number of hydrogen-bond donors (Lipinski definition) is 2. The number of nitrogens with zero attached hydrogens (tertiary/aromatic N) is 1. The minimum Gasteiger partial charge on any atom is -0.475 e. The fourth-order valence-corrected chi connectivity index (χ4v) is 4.82. The quantitative estimate of drug-likeness (QED) is 0.736. The second kappa shape index (κ2) is 7.01. The van der Waals surface area contributed by atoms with Gasteiger partial charge in [-0.1, -0.05) is 6.92 Å². The molecule has 10 heteroatoms. The summed E-state index contributed by atoms with van der Waals surface area (Å²) in [5.74, 6) is -2.17. The van der Waals surface area contributed by atoms with Crippen LogP contribution in [0.5, 0.6) is 0 Å². The number of aromatic carboxylic acids is 1. The predicted octanol–water partition coefficient (Wildman–Crippen LogP) is 0.674. The molecule has 3 rings (SSSR count). The van der Waals surface area contributed by atoms with E-state index < -0.39 is 32.9 Å². The number of nitrogens with one attached hydrogen (secondary N) is 1. The van der Waals surface area contributed by atoms with Crippen LogP contribution in [-0.2, 0) is 19.6 Å². The summed E-state index contributed by atoms with van der Waals surface area (Å²) in [6.07, 6.45) is 1.79. The van der Waals surface area contributed by atoms with Crippen molar-refractivity contribution in [2.45, 2.75) is 37.3 Å². The third-order valence-electron chi connectivity index (χ3n) is 4.85. The molecule has 2 N–H and O–H groups in total. The standard InChI is InChI=1S/C16H22N2O7S/c1-16(6-8-24-10-16)9-17-14(19)11-3-2-7-18(11)26(22,23)13-5-4-12(25-13)15(20)21/h4-5,11H,2-3,6-10H2,1H3,(H,17,19)(H,20,21). The molecule has 3 heterocycles. The first kappa shape index (κ1) is 18.9. The summed E-state index contributed by atoms with van der Waals surface area (Å²) in [6.45, 7) is 3.83. The van der Waals surface area contributed by atoms with E-state index in [-0.39, 0.29) is 17.9 Å². The first-order valence-corrected chi connectivity index (χ1v) is 9.87. The van der Waals surface area contributed by atoms with Crippen LogP contribution in [0.25, 0.3) is 0 Å². The third kappa shape index (κ3) is 3.62. The van der Waals surface area contributed by atoms with Crippen LogP contribution in [0, 0.1) is 5.41 Å². The molecule has 0 aromatic carbocycles. The van der Waals surface area contributed by atoms with Crippen molar-refractivity contribution in [2.75, 3.05) is 26.3 Å². The number of ether oxygens (including phenoxy) is 1. The summed E-state index contributed by atoms with van der Waals surface area (Å²) in [4.78, 5) is 23.5. The van der Waals surface area contributed by atoms with E-state index in [1.165, 1.54) is 0 Å². The van der Waals surface area contributed by atoms with Crippen molar-refractivity contribution in [3.05, 3.63) is 17.9 Å². The Hall–Kier alpha value is -1.91. The third-order valence-corrected chi connectivity index (χ3v) is 6.63. The Morgan fingerprint density at radius 3 is 2.81 bits per heavy atom. The van der Waals surface area contributed by atoms with E-state index >= 15 is 0 Å². The molecule has 0 bridgehead atoms. The highest BCUT2D eigenvalue weighted by molar-refractivity contribution is 7.89. The number of carbonyl (C=O) groups excluding carboxylic acids is 1. The lowest BCUT2D eigenvalue weighted by atomic mass is 9.90. The van der Waals surface area contributed by atoms with E-state index in [2.05, 4.69) is 5.32 Å². The molecule has 1 aromatic heterocycles.